The van der Waals surface area contributed by atoms with Crippen molar-refractivity contribution in [1.29, 1.82) is 0 Å². The first kappa shape index (κ1) is 31.4. The van der Waals surface area contributed by atoms with Crippen LogP contribution in [0, 0.1) is 0 Å². The summed E-state index contributed by atoms with van der Waals surface area (Å²) in [6.45, 7) is 0.00178. The van der Waals surface area contributed by atoms with Gasteiger partial charge in [0.15, 0.2) is 0 Å². The number of hydrogen-bond acceptors (Lipinski definition) is 2. The van der Waals surface area contributed by atoms with Crippen LogP contribution in [-0.4, -0.2) is 13.4 Å². The maximum absolute atomic E-state index is 7.19. The molecule has 0 N–H and O–H groups in total. The lowest BCUT2D eigenvalue weighted by molar-refractivity contribution is 0.623. The van der Waals surface area contributed by atoms with Gasteiger partial charge in [0, 0.05) is 22.2 Å². The second kappa shape index (κ2) is 11.1. The molecule has 272 valence electrons. The number of furan rings is 1. The van der Waals surface area contributed by atoms with E-state index in [-0.39, 0.29) is 13.4 Å². The maximum atomic E-state index is 7.19. The zero-order valence-corrected chi connectivity index (χ0v) is 32.4. The van der Waals surface area contributed by atoms with Crippen LogP contribution in [0.15, 0.2) is 192 Å². The monoisotopic (exact) mass is 755 g/mol. The summed E-state index contributed by atoms with van der Waals surface area (Å²) >= 11 is 0. The maximum Gasteiger partial charge on any atom is 0.251 e. The molecule has 60 heavy (non-hydrogen) atoms. The Labute approximate surface area is 346 Å². The van der Waals surface area contributed by atoms with Gasteiger partial charge in [-0.15, -0.1) is 0 Å². The first-order valence-electron chi connectivity index (χ1n) is 21.1. The highest BCUT2D eigenvalue weighted by Gasteiger charge is 2.50. The summed E-state index contributed by atoms with van der Waals surface area (Å²) in [4.78, 5) is 2.53. The van der Waals surface area contributed by atoms with Crippen molar-refractivity contribution in [2.24, 2.45) is 0 Å². The van der Waals surface area contributed by atoms with Crippen LogP contribution in [-0.2, 0) is 0 Å². The second-order valence-electron chi connectivity index (χ2n) is 17.0. The fraction of sp³-hybridized carbons (Fsp3) is 0. The van der Waals surface area contributed by atoms with Crippen LogP contribution in [0.5, 0.6) is 0 Å². The van der Waals surface area contributed by atoms with Gasteiger partial charge in [0.05, 0.1) is 0 Å². The van der Waals surface area contributed by atoms with Crippen LogP contribution in [0.4, 0.5) is 17.3 Å². The zero-order chi connectivity index (χ0) is 38.8. The third-order valence-electron chi connectivity index (χ3n) is 14.3. The van der Waals surface area contributed by atoms with Crippen molar-refractivity contribution in [3.05, 3.63) is 188 Å². The van der Waals surface area contributed by atoms with E-state index in [1.165, 1.54) is 125 Å². The summed E-state index contributed by atoms with van der Waals surface area (Å²) in [6, 6.07) is 70.4. The topological polar surface area (TPSA) is 16.4 Å². The highest BCUT2D eigenvalue weighted by Crippen LogP contribution is 2.50. The molecule has 0 amide bonds. The Hall–Kier alpha value is -7.55. The number of hydrogen-bond donors (Lipinski definition) is 0. The second-order valence-corrected chi connectivity index (χ2v) is 17.0. The third-order valence-corrected chi connectivity index (χ3v) is 14.3. The Kier molecular flexibility index (Phi) is 5.83. The molecule has 0 saturated heterocycles. The van der Waals surface area contributed by atoms with Crippen LogP contribution >= 0.6 is 0 Å². The predicted octanol–water partition coefficient (Wildman–Crippen LogP) is 10.5. The van der Waals surface area contributed by atoms with Crippen molar-refractivity contribution < 1.29 is 4.42 Å². The van der Waals surface area contributed by atoms with E-state index in [9.17, 15) is 0 Å². The van der Waals surface area contributed by atoms with E-state index in [4.69, 9.17) is 4.42 Å². The predicted molar refractivity (Wildman–Crippen MR) is 257 cm³/mol. The molecule has 0 radical (unpaired) electrons. The van der Waals surface area contributed by atoms with E-state index in [1.807, 2.05) is 0 Å². The molecule has 0 fully saturated rings. The number of nitrogens with zero attached hydrogens (tertiary/aromatic N) is 1. The van der Waals surface area contributed by atoms with Gasteiger partial charge >= 0.3 is 0 Å². The van der Waals surface area contributed by atoms with Gasteiger partial charge < -0.3 is 4.42 Å². The molecule has 0 atom stereocenters. The van der Waals surface area contributed by atoms with Crippen molar-refractivity contribution in [3.63, 3.8) is 0 Å². The molecule has 2 nitrogen and oxygen atoms in total. The Morgan fingerprint density at radius 1 is 0.367 bits per heavy atom. The number of anilines is 3. The smallest absolute Gasteiger partial charge is 0.251 e. The fourth-order valence-corrected chi connectivity index (χ4v) is 12.1. The van der Waals surface area contributed by atoms with Gasteiger partial charge in [0.1, 0.15) is 5.58 Å². The average Bonchev–Trinajstić information content (AvgIpc) is 3.88. The van der Waals surface area contributed by atoms with Gasteiger partial charge in [-0.3, -0.25) is 4.90 Å². The van der Waals surface area contributed by atoms with E-state index in [2.05, 4.69) is 193 Å². The van der Waals surface area contributed by atoms with E-state index in [0.717, 1.165) is 11.5 Å². The summed E-state index contributed by atoms with van der Waals surface area (Å²) in [6.07, 6.45) is 0. The molecule has 4 heteroatoms. The first-order valence-corrected chi connectivity index (χ1v) is 21.1. The number of benzene rings is 11. The quantitative estimate of drug-likeness (QED) is 0.123. The molecule has 0 unspecified atom stereocenters. The molecule has 12 aromatic rings. The first-order chi connectivity index (χ1) is 29.8. The Bertz CT molecular complexity index is 3890. The standard InChI is InChI=1S/C56H31B2NO/c1-2-15-32(16-3-1)57-45-26-14-27-46-55(45)59(56-53(57)42-25-12-13-28-48(42)60-56)47-31-44-38-22-7-5-18-34(38)35-19-8-10-23-39(35)49(44)51-43-30-29-41-37-21-6-4-17-33(37)36-20-9-11-24-40(36)50(41)52(43)58(46)54(47)51/h1-31H. The fourth-order valence-electron chi connectivity index (χ4n) is 12.1. The molecule has 0 bridgehead atoms. The van der Waals surface area contributed by atoms with Gasteiger partial charge in [-0.05, 0) is 104 Å². The Balaban J connectivity index is 1.19. The molecular formula is C56H31B2NO. The van der Waals surface area contributed by atoms with Crippen LogP contribution in [0.1, 0.15) is 0 Å². The average molecular weight is 755 g/mol. The lowest BCUT2D eigenvalue weighted by Gasteiger charge is -2.41. The number of para-hydroxylation sites is 2. The Morgan fingerprint density at radius 3 is 1.55 bits per heavy atom. The van der Waals surface area contributed by atoms with Gasteiger partial charge in [-0.1, -0.05) is 187 Å². The summed E-state index contributed by atoms with van der Waals surface area (Å²) in [5.74, 6) is 0.923. The highest BCUT2D eigenvalue weighted by molar-refractivity contribution is 7.05. The molecule has 4 heterocycles. The normalized spacial score (nSPS) is 13.6. The van der Waals surface area contributed by atoms with E-state index < -0.39 is 0 Å². The molecule has 0 spiro atoms. The zero-order valence-electron chi connectivity index (χ0n) is 32.4. The minimum Gasteiger partial charge on any atom is -0.440 e. The summed E-state index contributed by atoms with van der Waals surface area (Å²) in [5.41, 5.74) is 14.0. The third kappa shape index (κ3) is 3.71. The summed E-state index contributed by atoms with van der Waals surface area (Å²) in [7, 11) is 0. The van der Waals surface area contributed by atoms with Gasteiger partial charge in [-0.2, -0.15) is 0 Å². The summed E-state index contributed by atoms with van der Waals surface area (Å²) in [5, 5.41) is 16.8. The van der Waals surface area contributed by atoms with Crippen molar-refractivity contribution in [3.8, 4) is 11.1 Å². The molecule has 11 aromatic carbocycles. The molecule has 1 aromatic heterocycles. The highest BCUT2D eigenvalue weighted by atomic mass is 16.4. The van der Waals surface area contributed by atoms with Gasteiger partial charge in [0.2, 0.25) is 12.6 Å². The molecule has 0 aliphatic carbocycles. The Morgan fingerprint density at radius 2 is 0.883 bits per heavy atom. The van der Waals surface area contributed by atoms with Crippen LogP contribution in [0.2, 0.25) is 0 Å². The van der Waals surface area contributed by atoms with Gasteiger partial charge in [0.25, 0.3) is 6.71 Å². The minimum atomic E-state index is 0.000431. The molecule has 3 aliphatic heterocycles. The van der Waals surface area contributed by atoms with Crippen molar-refractivity contribution in [1.82, 2.24) is 0 Å². The van der Waals surface area contributed by atoms with Crippen LogP contribution in [0.3, 0.4) is 0 Å². The van der Waals surface area contributed by atoms with E-state index >= 15 is 0 Å². The molecule has 3 aliphatic rings. The summed E-state index contributed by atoms with van der Waals surface area (Å²) < 4.78 is 7.19. The number of fused-ring (bicyclic) bond motifs is 23. The molecule has 15 rings (SSSR count). The minimum absolute atomic E-state index is 0.000431. The van der Waals surface area contributed by atoms with E-state index in [1.54, 1.807) is 0 Å². The van der Waals surface area contributed by atoms with E-state index in [0.29, 0.717) is 0 Å². The van der Waals surface area contributed by atoms with Crippen molar-refractivity contribution in [2.75, 3.05) is 4.90 Å². The van der Waals surface area contributed by atoms with Crippen LogP contribution in [0.25, 0.3) is 86.7 Å². The largest absolute Gasteiger partial charge is 0.440 e. The van der Waals surface area contributed by atoms with Crippen molar-refractivity contribution in [2.45, 2.75) is 0 Å². The van der Waals surface area contributed by atoms with Gasteiger partial charge in [-0.25, -0.2) is 0 Å². The lowest BCUT2D eigenvalue weighted by atomic mass is 9.31. The molecular weight excluding hydrogens is 724 g/mol. The molecule has 0 saturated carbocycles. The van der Waals surface area contributed by atoms with Crippen molar-refractivity contribution >= 4 is 139 Å². The SMILES string of the molecule is c1ccc(B2c3cccc4c3N(c3cc5c6ccccc6c6ccccc6c5c5c3B4c3c-5ccc4c5ccccc5c5ccccc5c34)c3oc4ccccc4c32)cc1. The van der Waals surface area contributed by atoms with Crippen LogP contribution < -0.4 is 37.7 Å². The lowest BCUT2D eigenvalue weighted by Crippen LogP contribution is -2.63. The number of rotatable bonds is 1.